The van der Waals surface area contributed by atoms with Gasteiger partial charge < -0.3 is 15.2 Å². The van der Waals surface area contributed by atoms with Gasteiger partial charge in [-0.2, -0.15) is 5.26 Å². The number of nitriles is 1. The standard InChI is InChI=1S/C13H17N3O2/c1-13(2)6-11-10(8-18-13)5-9(7-14)12(16-11)15-3-4-17/h5,17H,3-4,6,8H2,1-2H3,(H,15,16). The molecule has 5 nitrogen and oxygen atoms in total. The average Bonchev–Trinajstić information content (AvgIpc) is 2.34. The molecule has 0 aromatic carbocycles. The van der Waals surface area contributed by atoms with Crippen molar-refractivity contribution in [3.8, 4) is 6.07 Å². The van der Waals surface area contributed by atoms with E-state index in [1.54, 1.807) is 0 Å². The molecule has 0 saturated carbocycles. The van der Waals surface area contributed by atoms with E-state index in [2.05, 4.69) is 16.4 Å². The molecule has 0 atom stereocenters. The van der Waals surface area contributed by atoms with Gasteiger partial charge in [0, 0.05) is 18.5 Å². The third kappa shape index (κ3) is 2.61. The minimum absolute atomic E-state index is 0.0121. The van der Waals surface area contributed by atoms with Gasteiger partial charge in [0.25, 0.3) is 0 Å². The van der Waals surface area contributed by atoms with Crippen LogP contribution in [-0.4, -0.2) is 28.8 Å². The summed E-state index contributed by atoms with van der Waals surface area (Å²) in [6.07, 6.45) is 0.724. The zero-order chi connectivity index (χ0) is 13.2. The van der Waals surface area contributed by atoms with Crippen molar-refractivity contribution in [3.63, 3.8) is 0 Å². The number of rotatable bonds is 3. The molecule has 5 heteroatoms. The van der Waals surface area contributed by atoms with E-state index in [9.17, 15) is 0 Å². The van der Waals surface area contributed by atoms with Crippen LogP contribution >= 0.6 is 0 Å². The van der Waals surface area contributed by atoms with E-state index in [4.69, 9.17) is 15.1 Å². The van der Waals surface area contributed by atoms with E-state index >= 15 is 0 Å². The fourth-order valence-electron chi connectivity index (χ4n) is 1.99. The maximum atomic E-state index is 9.09. The number of hydrogen-bond donors (Lipinski definition) is 2. The number of hydrogen-bond acceptors (Lipinski definition) is 5. The van der Waals surface area contributed by atoms with Crippen molar-refractivity contribution >= 4 is 5.82 Å². The lowest BCUT2D eigenvalue weighted by atomic mass is 9.95. The maximum absolute atomic E-state index is 9.09. The summed E-state index contributed by atoms with van der Waals surface area (Å²) in [7, 11) is 0. The summed E-state index contributed by atoms with van der Waals surface area (Å²) in [4.78, 5) is 4.49. The first-order chi connectivity index (χ1) is 8.55. The predicted octanol–water partition coefficient (Wildman–Crippen LogP) is 1.21. The minimum Gasteiger partial charge on any atom is -0.395 e. The molecule has 0 spiro atoms. The topological polar surface area (TPSA) is 78.2 Å². The van der Waals surface area contributed by atoms with Gasteiger partial charge in [0.05, 0.1) is 30.1 Å². The third-order valence-electron chi connectivity index (χ3n) is 2.93. The van der Waals surface area contributed by atoms with Crippen LogP contribution in [0.2, 0.25) is 0 Å². The fourth-order valence-corrected chi connectivity index (χ4v) is 1.99. The molecular formula is C13H17N3O2. The lowest BCUT2D eigenvalue weighted by molar-refractivity contribution is -0.0412. The second kappa shape index (κ2) is 4.92. The van der Waals surface area contributed by atoms with Gasteiger partial charge in [-0.25, -0.2) is 4.98 Å². The number of ether oxygens (including phenoxy) is 1. The Balaban J connectivity index is 2.35. The summed E-state index contributed by atoms with van der Waals surface area (Å²) in [6, 6.07) is 3.93. The number of aromatic nitrogens is 1. The summed E-state index contributed by atoms with van der Waals surface area (Å²) in [6.45, 7) is 4.94. The van der Waals surface area contributed by atoms with Gasteiger partial charge in [-0.05, 0) is 19.9 Å². The molecule has 2 rings (SSSR count). The third-order valence-corrected chi connectivity index (χ3v) is 2.93. The quantitative estimate of drug-likeness (QED) is 0.839. The first-order valence-corrected chi connectivity index (χ1v) is 5.97. The van der Waals surface area contributed by atoms with Crippen molar-refractivity contribution in [2.45, 2.75) is 32.5 Å². The Kier molecular flexibility index (Phi) is 3.50. The molecule has 0 amide bonds. The van der Waals surface area contributed by atoms with Crippen molar-refractivity contribution in [1.82, 2.24) is 4.98 Å². The van der Waals surface area contributed by atoms with Gasteiger partial charge in [-0.15, -0.1) is 0 Å². The number of nitrogens with zero attached hydrogens (tertiary/aromatic N) is 2. The van der Waals surface area contributed by atoms with Crippen LogP contribution in [0.25, 0.3) is 0 Å². The van der Waals surface area contributed by atoms with Crippen LogP contribution in [0.15, 0.2) is 6.07 Å². The highest BCUT2D eigenvalue weighted by Crippen LogP contribution is 2.29. The second-order valence-corrected chi connectivity index (χ2v) is 4.98. The lowest BCUT2D eigenvalue weighted by Crippen LogP contribution is -2.32. The number of nitrogens with one attached hydrogen (secondary N) is 1. The van der Waals surface area contributed by atoms with E-state index in [1.165, 1.54) is 0 Å². The molecule has 0 aliphatic carbocycles. The first-order valence-electron chi connectivity index (χ1n) is 5.97. The maximum Gasteiger partial charge on any atom is 0.144 e. The summed E-state index contributed by atoms with van der Waals surface area (Å²) in [5, 5.41) is 20.9. The lowest BCUT2D eigenvalue weighted by Gasteiger charge is -2.31. The molecule has 0 bridgehead atoms. The number of pyridine rings is 1. The van der Waals surface area contributed by atoms with Crippen molar-refractivity contribution in [3.05, 3.63) is 22.9 Å². The van der Waals surface area contributed by atoms with Crippen molar-refractivity contribution in [2.75, 3.05) is 18.5 Å². The monoisotopic (exact) mass is 247 g/mol. The van der Waals surface area contributed by atoms with Gasteiger partial charge in [-0.1, -0.05) is 0 Å². The van der Waals surface area contributed by atoms with Crippen LogP contribution in [0.5, 0.6) is 0 Å². The average molecular weight is 247 g/mol. The Bertz CT molecular complexity index is 492. The largest absolute Gasteiger partial charge is 0.395 e. The number of fused-ring (bicyclic) bond motifs is 1. The van der Waals surface area contributed by atoms with Crippen molar-refractivity contribution in [2.24, 2.45) is 0 Å². The van der Waals surface area contributed by atoms with Gasteiger partial charge >= 0.3 is 0 Å². The van der Waals surface area contributed by atoms with Crippen molar-refractivity contribution in [1.29, 1.82) is 5.26 Å². The zero-order valence-electron chi connectivity index (χ0n) is 10.7. The molecule has 2 N–H and O–H groups in total. The molecule has 1 aromatic heterocycles. The van der Waals surface area contributed by atoms with Crippen LogP contribution < -0.4 is 5.32 Å². The summed E-state index contributed by atoms with van der Waals surface area (Å²) >= 11 is 0. The number of anilines is 1. The Morgan fingerprint density at radius 3 is 3.06 bits per heavy atom. The smallest absolute Gasteiger partial charge is 0.144 e. The molecule has 18 heavy (non-hydrogen) atoms. The Labute approximate surface area is 106 Å². The number of aliphatic hydroxyl groups excluding tert-OH is 1. The molecular weight excluding hydrogens is 230 g/mol. The highest BCUT2D eigenvalue weighted by atomic mass is 16.5. The second-order valence-electron chi connectivity index (χ2n) is 4.98. The Morgan fingerprint density at radius 2 is 2.39 bits per heavy atom. The van der Waals surface area contributed by atoms with Crippen LogP contribution in [0.1, 0.15) is 30.7 Å². The van der Waals surface area contributed by atoms with Crippen LogP contribution in [0.4, 0.5) is 5.82 Å². The molecule has 1 aliphatic rings. The van der Waals surface area contributed by atoms with E-state index in [-0.39, 0.29) is 12.2 Å². The molecule has 1 aliphatic heterocycles. The molecule has 2 heterocycles. The summed E-state index contributed by atoms with van der Waals surface area (Å²) < 4.78 is 5.70. The number of aliphatic hydroxyl groups is 1. The SMILES string of the molecule is CC1(C)Cc2nc(NCCO)c(C#N)cc2CO1. The summed E-state index contributed by atoms with van der Waals surface area (Å²) in [5.41, 5.74) is 2.21. The van der Waals surface area contributed by atoms with Gasteiger partial charge in [0.2, 0.25) is 0 Å². The van der Waals surface area contributed by atoms with Crippen molar-refractivity contribution < 1.29 is 9.84 Å². The van der Waals surface area contributed by atoms with E-state index < -0.39 is 0 Å². The Hall–Kier alpha value is -1.64. The van der Waals surface area contributed by atoms with E-state index in [1.807, 2.05) is 19.9 Å². The molecule has 0 fully saturated rings. The van der Waals surface area contributed by atoms with Crippen LogP contribution in [-0.2, 0) is 17.8 Å². The molecule has 0 unspecified atom stereocenters. The molecule has 0 radical (unpaired) electrons. The normalized spacial score (nSPS) is 16.8. The van der Waals surface area contributed by atoms with E-state index in [0.29, 0.717) is 24.5 Å². The van der Waals surface area contributed by atoms with Crippen LogP contribution in [0.3, 0.4) is 0 Å². The summed E-state index contributed by atoms with van der Waals surface area (Å²) in [5.74, 6) is 0.544. The van der Waals surface area contributed by atoms with E-state index in [0.717, 1.165) is 17.7 Å². The first kappa shape index (κ1) is 12.8. The van der Waals surface area contributed by atoms with Gasteiger partial charge in [0.1, 0.15) is 11.9 Å². The highest BCUT2D eigenvalue weighted by molar-refractivity contribution is 5.54. The highest BCUT2D eigenvalue weighted by Gasteiger charge is 2.28. The van der Waals surface area contributed by atoms with Crippen LogP contribution in [0, 0.1) is 11.3 Å². The zero-order valence-corrected chi connectivity index (χ0v) is 10.7. The molecule has 96 valence electrons. The minimum atomic E-state index is -0.220. The van der Waals surface area contributed by atoms with Gasteiger partial charge in [0.15, 0.2) is 0 Å². The predicted molar refractivity (Wildman–Crippen MR) is 67.1 cm³/mol. The molecule has 0 saturated heterocycles. The van der Waals surface area contributed by atoms with Gasteiger partial charge in [-0.3, -0.25) is 0 Å². The Morgan fingerprint density at radius 1 is 1.61 bits per heavy atom. The molecule has 1 aromatic rings. The fraction of sp³-hybridized carbons (Fsp3) is 0.538.